The van der Waals surface area contributed by atoms with Crippen molar-refractivity contribution >= 4 is 16.7 Å². The van der Waals surface area contributed by atoms with Crippen LogP contribution in [-0.4, -0.2) is 30.0 Å². The first-order valence-electron chi connectivity index (χ1n) is 3.93. The Bertz CT molecular complexity index is 449. The normalized spacial score (nSPS) is 11.7. The van der Waals surface area contributed by atoms with Gasteiger partial charge in [-0.25, -0.2) is 0 Å². The van der Waals surface area contributed by atoms with E-state index in [4.69, 9.17) is 0 Å². The molecule has 2 aromatic rings. The molecule has 16 heavy (non-hydrogen) atoms. The summed E-state index contributed by atoms with van der Waals surface area (Å²) in [7, 11) is 0. The smallest absolute Gasteiger partial charge is 0.353 e. The van der Waals surface area contributed by atoms with Crippen LogP contribution in [0.1, 0.15) is 11.6 Å². The molecule has 0 aliphatic carbocycles. The first-order chi connectivity index (χ1) is 7.55. The topological polar surface area (TPSA) is 92.3 Å². The van der Waals surface area contributed by atoms with Crippen molar-refractivity contribution in [3.63, 3.8) is 0 Å². The largest absolute Gasteiger partial charge is 0.452 e. The third-order valence-corrected chi connectivity index (χ3v) is 2.14. The van der Waals surface area contributed by atoms with E-state index >= 15 is 0 Å². The zero-order valence-corrected chi connectivity index (χ0v) is 8.30. The standard InChI is InChI=1S/C5H4F3N7S/c6-5(7,8)3-10-4(16-13-3)9-1-2-11-14-15-12-2/h1H2,(H,9,10,13)(H,11,12,14,15). The van der Waals surface area contributed by atoms with Crippen LogP contribution in [0, 0.1) is 0 Å². The molecule has 2 N–H and O–H groups in total. The van der Waals surface area contributed by atoms with Crippen LogP contribution >= 0.6 is 11.5 Å². The molecule has 0 radical (unpaired) electrons. The van der Waals surface area contributed by atoms with Crippen molar-refractivity contribution < 1.29 is 13.2 Å². The number of rotatable bonds is 3. The van der Waals surface area contributed by atoms with Gasteiger partial charge in [0, 0.05) is 11.5 Å². The number of tetrazole rings is 1. The van der Waals surface area contributed by atoms with Crippen molar-refractivity contribution in [2.45, 2.75) is 12.7 Å². The van der Waals surface area contributed by atoms with Crippen LogP contribution in [0.15, 0.2) is 0 Å². The lowest BCUT2D eigenvalue weighted by atomic mass is 10.6. The molecule has 7 nitrogen and oxygen atoms in total. The van der Waals surface area contributed by atoms with Crippen LogP contribution in [0.4, 0.5) is 18.3 Å². The van der Waals surface area contributed by atoms with Crippen molar-refractivity contribution in [3.8, 4) is 0 Å². The number of nitrogens with one attached hydrogen (secondary N) is 2. The maximum absolute atomic E-state index is 12.1. The van der Waals surface area contributed by atoms with Gasteiger partial charge in [-0.3, -0.25) is 0 Å². The van der Waals surface area contributed by atoms with E-state index in [2.05, 4.69) is 35.3 Å². The molecular weight excluding hydrogens is 247 g/mol. The van der Waals surface area contributed by atoms with E-state index in [1.54, 1.807) is 0 Å². The molecule has 0 fully saturated rings. The summed E-state index contributed by atoms with van der Waals surface area (Å²) in [5.74, 6) is -0.836. The maximum Gasteiger partial charge on any atom is 0.452 e. The summed E-state index contributed by atoms with van der Waals surface area (Å²) < 4.78 is 39.6. The minimum absolute atomic E-state index is 0.0529. The summed E-state index contributed by atoms with van der Waals surface area (Å²) in [4.78, 5) is 3.27. The summed E-state index contributed by atoms with van der Waals surface area (Å²) in [6.45, 7) is 0.128. The van der Waals surface area contributed by atoms with Gasteiger partial charge in [-0.2, -0.15) is 27.7 Å². The lowest BCUT2D eigenvalue weighted by molar-refractivity contribution is -0.144. The second kappa shape index (κ2) is 4.00. The number of H-pyrrole nitrogens is 1. The summed E-state index contributed by atoms with van der Waals surface area (Å²) in [5.41, 5.74) is 0. The lowest BCUT2D eigenvalue weighted by Gasteiger charge is -1.98. The Morgan fingerprint density at radius 1 is 1.38 bits per heavy atom. The lowest BCUT2D eigenvalue weighted by Crippen LogP contribution is -2.08. The second-order valence-electron chi connectivity index (χ2n) is 2.60. The fourth-order valence-electron chi connectivity index (χ4n) is 0.822. The number of alkyl halides is 3. The molecule has 2 heterocycles. The van der Waals surface area contributed by atoms with E-state index in [-0.39, 0.29) is 11.7 Å². The summed E-state index contributed by atoms with van der Waals surface area (Å²) in [6, 6.07) is 0. The number of hydrogen-bond donors (Lipinski definition) is 2. The predicted molar refractivity (Wildman–Crippen MR) is 46.4 cm³/mol. The molecule has 11 heteroatoms. The third-order valence-electron chi connectivity index (χ3n) is 1.47. The molecule has 2 aromatic heterocycles. The van der Waals surface area contributed by atoms with Gasteiger partial charge in [0.15, 0.2) is 5.82 Å². The monoisotopic (exact) mass is 251 g/mol. The van der Waals surface area contributed by atoms with Gasteiger partial charge < -0.3 is 5.32 Å². The minimum atomic E-state index is -4.53. The SMILES string of the molecule is FC(F)(F)c1nsc(NCc2nn[nH]n2)n1. The highest BCUT2D eigenvalue weighted by Gasteiger charge is 2.36. The van der Waals surface area contributed by atoms with Crippen molar-refractivity contribution in [1.29, 1.82) is 0 Å². The molecule has 0 saturated carbocycles. The first kappa shape index (κ1) is 10.7. The Labute approximate surface area is 90.3 Å². The fraction of sp³-hybridized carbons (Fsp3) is 0.400. The zero-order chi connectivity index (χ0) is 11.6. The molecule has 0 aliphatic rings. The molecule has 0 bridgehead atoms. The molecule has 0 amide bonds. The zero-order valence-electron chi connectivity index (χ0n) is 7.49. The van der Waals surface area contributed by atoms with Crippen LogP contribution in [0.2, 0.25) is 0 Å². The van der Waals surface area contributed by atoms with E-state index < -0.39 is 12.0 Å². The number of hydrogen-bond acceptors (Lipinski definition) is 7. The predicted octanol–water partition coefficient (Wildman–Crippen LogP) is 0.682. The highest BCUT2D eigenvalue weighted by molar-refractivity contribution is 7.09. The van der Waals surface area contributed by atoms with Gasteiger partial charge in [0.2, 0.25) is 11.0 Å². The van der Waals surface area contributed by atoms with E-state index in [0.717, 1.165) is 0 Å². The molecular formula is C5H4F3N7S. The summed E-state index contributed by atoms with van der Waals surface area (Å²) >= 11 is 0.620. The van der Waals surface area contributed by atoms with Crippen LogP contribution in [-0.2, 0) is 12.7 Å². The number of anilines is 1. The Morgan fingerprint density at radius 3 is 2.75 bits per heavy atom. The number of aromatic amines is 1. The van der Waals surface area contributed by atoms with Gasteiger partial charge >= 0.3 is 6.18 Å². The van der Waals surface area contributed by atoms with Gasteiger partial charge in [0.25, 0.3) is 0 Å². The van der Waals surface area contributed by atoms with Gasteiger partial charge in [-0.1, -0.05) is 5.21 Å². The average molecular weight is 251 g/mol. The third kappa shape index (κ3) is 2.42. The van der Waals surface area contributed by atoms with Gasteiger partial charge in [-0.05, 0) is 0 Å². The summed E-state index contributed by atoms with van der Waals surface area (Å²) in [5, 5.41) is 15.4. The molecule has 0 aliphatic heterocycles. The van der Waals surface area contributed by atoms with Crippen LogP contribution in [0.25, 0.3) is 0 Å². The quantitative estimate of drug-likeness (QED) is 0.833. The van der Waals surface area contributed by atoms with Gasteiger partial charge in [0.1, 0.15) is 0 Å². The number of nitrogens with zero attached hydrogens (tertiary/aromatic N) is 5. The van der Waals surface area contributed by atoms with E-state index in [9.17, 15) is 13.2 Å². The molecule has 0 atom stereocenters. The Hall–Kier alpha value is -1.78. The number of halogens is 3. The molecule has 2 rings (SSSR count). The molecule has 86 valence electrons. The van der Waals surface area contributed by atoms with Crippen LogP contribution in [0.5, 0.6) is 0 Å². The first-order valence-corrected chi connectivity index (χ1v) is 4.70. The fourth-order valence-corrected chi connectivity index (χ4v) is 1.40. The van der Waals surface area contributed by atoms with E-state index in [1.807, 2.05) is 0 Å². The molecule has 0 spiro atoms. The molecule has 0 unspecified atom stereocenters. The highest BCUT2D eigenvalue weighted by Crippen LogP contribution is 2.28. The van der Waals surface area contributed by atoms with Crippen LogP contribution < -0.4 is 5.32 Å². The maximum atomic E-state index is 12.1. The Balaban J connectivity index is 1.98. The number of aromatic nitrogens is 6. The van der Waals surface area contributed by atoms with Crippen LogP contribution in [0.3, 0.4) is 0 Å². The van der Waals surface area contributed by atoms with Gasteiger partial charge in [0.05, 0.1) is 6.54 Å². The van der Waals surface area contributed by atoms with Crippen molar-refractivity contribution in [2.24, 2.45) is 0 Å². The minimum Gasteiger partial charge on any atom is -0.353 e. The van der Waals surface area contributed by atoms with Crippen molar-refractivity contribution in [3.05, 3.63) is 11.6 Å². The van der Waals surface area contributed by atoms with Crippen molar-refractivity contribution in [1.82, 2.24) is 30.0 Å². The Kier molecular flexibility index (Phi) is 2.68. The highest BCUT2D eigenvalue weighted by atomic mass is 32.1. The van der Waals surface area contributed by atoms with Gasteiger partial charge in [-0.15, -0.1) is 10.2 Å². The summed E-state index contributed by atoms with van der Waals surface area (Å²) in [6.07, 6.45) is -4.53. The molecule has 0 aromatic carbocycles. The Morgan fingerprint density at radius 2 is 2.19 bits per heavy atom. The van der Waals surface area contributed by atoms with Crippen molar-refractivity contribution in [2.75, 3.05) is 5.32 Å². The molecule has 0 saturated heterocycles. The second-order valence-corrected chi connectivity index (χ2v) is 3.35. The average Bonchev–Trinajstić information content (AvgIpc) is 2.85. The van der Waals surface area contributed by atoms with E-state index in [1.165, 1.54) is 0 Å². The van der Waals surface area contributed by atoms with E-state index in [0.29, 0.717) is 17.4 Å².